The fourth-order valence-corrected chi connectivity index (χ4v) is 10.1. The van der Waals surface area contributed by atoms with Gasteiger partial charge in [-0.05, 0) is 91.3 Å². The third kappa shape index (κ3) is 3.06. The lowest BCUT2D eigenvalue weighted by molar-refractivity contribution is -0.170. The molecule has 190 valence electrons. The van der Waals surface area contributed by atoms with Crippen LogP contribution in [0.2, 0.25) is 0 Å². The van der Waals surface area contributed by atoms with Crippen molar-refractivity contribution in [3.63, 3.8) is 0 Å². The Balaban J connectivity index is 1.45. The summed E-state index contributed by atoms with van der Waals surface area (Å²) in [5.74, 6) is 1.27. The van der Waals surface area contributed by atoms with E-state index in [4.69, 9.17) is 9.47 Å². The highest BCUT2D eigenvalue weighted by atomic mass is 32.2. The minimum absolute atomic E-state index is 0.104. The van der Waals surface area contributed by atoms with Gasteiger partial charge in [0.25, 0.3) is 0 Å². The van der Waals surface area contributed by atoms with Crippen LogP contribution in [0.4, 0.5) is 0 Å². The largest absolute Gasteiger partial charge is 0.497 e. The molecule has 5 nitrogen and oxygen atoms in total. The standard InChI is InChI=1S/C30H34O5S/c1-20(31)35-30-16-15-29(18-22(30)19-36(32,33)24-7-5-4-6-8-24)27-12-9-21-17-23(34-3)10-11-25(21)26(27)13-14-28(29,30)2/h4-8,10-11,17-18,26-27H,9,12-16,19H2,1-3H3/t26-,27-,28+,29-,30-/m1/s1. The predicted octanol–water partition coefficient (Wildman–Crippen LogP) is 5.64. The average Bonchev–Trinajstić information content (AvgIpc) is 3.23. The summed E-state index contributed by atoms with van der Waals surface area (Å²) in [4.78, 5) is 12.8. The molecule has 0 amide bonds. The quantitative estimate of drug-likeness (QED) is 0.388. The van der Waals surface area contributed by atoms with Crippen molar-refractivity contribution in [2.45, 2.75) is 68.8 Å². The number of ether oxygens (including phenoxy) is 2. The first-order valence-electron chi connectivity index (χ1n) is 13.0. The second kappa shape index (κ2) is 7.95. The molecule has 36 heavy (non-hydrogen) atoms. The number of hydrogen-bond donors (Lipinski definition) is 0. The third-order valence-electron chi connectivity index (χ3n) is 10.1. The molecule has 2 bridgehead atoms. The molecule has 0 saturated heterocycles. The SMILES string of the molecule is COc1ccc2c(c1)CC[C@@H]1[C@@H]2CC[C@@]2(C)[C@]13C=C(CS(=O)(=O)c1ccccc1)[C@]2(OC(C)=O)CC3. The van der Waals surface area contributed by atoms with Gasteiger partial charge in [0.2, 0.25) is 0 Å². The molecule has 2 fully saturated rings. The molecular weight excluding hydrogens is 472 g/mol. The maximum absolute atomic E-state index is 13.5. The van der Waals surface area contributed by atoms with E-state index in [2.05, 4.69) is 31.2 Å². The van der Waals surface area contributed by atoms with E-state index >= 15 is 0 Å². The number of hydrogen-bond acceptors (Lipinski definition) is 5. The zero-order chi connectivity index (χ0) is 25.3. The van der Waals surface area contributed by atoms with Gasteiger partial charge in [0.15, 0.2) is 9.84 Å². The molecule has 0 radical (unpaired) electrons. The second-order valence-electron chi connectivity index (χ2n) is 11.4. The number of methoxy groups -OCH3 is 1. The summed E-state index contributed by atoms with van der Waals surface area (Å²) < 4.78 is 38.8. The number of aryl methyl sites for hydroxylation is 1. The topological polar surface area (TPSA) is 69.7 Å². The van der Waals surface area contributed by atoms with Crippen LogP contribution in [0.5, 0.6) is 5.75 Å². The number of esters is 1. The number of fused-ring (bicyclic) bond motifs is 3. The summed E-state index contributed by atoms with van der Waals surface area (Å²) in [5.41, 5.74) is 2.23. The van der Waals surface area contributed by atoms with Crippen LogP contribution < -0.4 is 4.74 Å². The first kappa shape index (κ1) is 23.8. The van der Waals surface area contributed by atoms with Crippen LogP contribution in [-0.2, 0) is 25.8 Å². The molecule has 5 atom stereocenters. The highest BCUT2D eigenvalue weighted by Crippen LogP contribution is 2.77. The highest BCUT2D eigenvalue weighted by molar-refractivity contribution is 7.91. The number of carbonyl (C=O) groups excluding carboxylic acids is 1. The first-order valence-corrected chi connectivity index (χ1v) is 14.7. The molecule has 6 heteroatoms. The van der Waals surface area contributed by atoms with Gasteiger partial charge in [-0.25, -0.2) is 8.42 Å². The van der Waals surface area contributed by atoms with Gasteiger partial charge in [-0.15, -0.1) is 0 Å². The lowest BCUT2D eigenvalue weighted by Gasteiger charge is -2.56. The van der Waals surface area contributed by atoms with Crippen molar-refractivity contribution in [3.8, 4) is 5.75 Å². The van der Waals surface area contributed by atoms with E-state index in [1.165, 1.54) is 18.1 Å². The molecule has 0 N–H and O–H groups in total. The van der Waals surface area contributed by atoms with Crippen LogP contribution in [0.25, 0.3) is 0 Å². The van der Waals surface area contributed by atoms with Crippen LogP contribution in [0.3, 0.4) is 0 Å². The molecule has 2 saturated carbocycles. The third-order valence-corrected chi connectivity index (χ3v) is 11.8. The van der Waals surface area contributed by atoms with Crippen molar-refractivity contribution < 1.29 is 22.7 Å². The number of sulfone groups is 1. The minimum atomic E-state index is -3.57. The number of allylic oxidation sites excluding steroid dienone is 1. The Morgan fingerprint density at radius 1 is 1.06 bits per heavy atom. The Kier molecular flexibility index (Phi) is 5.25. The molecule has 0 unspecified atom stereocenters. The van der Waals surface area contributed by atoms with Crippen molar-refractivity contribution in [2.24, 2.45) is 16.7 Å². The normalized spacial score (nSPS) is 34.2. The summed E-state index contributed by atoms with van der Waals surface area (Å²) in [6, 6.07) is 15.1. The second-order valence-corrected chi connectivity index (χ2v) is 13.4. The van der Waals surface area contributed by atoms with Gasteiger partial charge in [-0.2, -0.15) is 0 Å². The van der Waals surface area contributed by atoms with Crippen LogP contribution >= 0.6 is 0 Å². The van der Waals surface area contributed by atoms with E-state index in [1.54, 1.807) is 31.4 Å². The van der Waals surface area contributed by atoms with Gasteiger partial charge in [0, 0.05) is 17.8 Å². The predicted molar refractivity (Wildman–Crippen MR) is 138 cm³/mol. The lowest BCUT2D eigenvalue weighted by atomic mass is 9.48. The summed E-state index contributed by atoms with van der Waals surface area (Å²) in [7, 11) is -1.86. The van der Waals surface area contributed by atoms with E-state index in [-0.39, 0.29) is 22.6 Å². The Labute approximate surface area is 213 Å². The van der Waals surface area contributed by atoms with Crippen LogP contribution in [0, 0.1) is 16.7 Å². The van der Waals surface area contributed by atoms with Crippen LogP contribution in [-0.4, -0.2) is 32.9 Å². The molecule has 0 heterocycles. The smallest absolute Gasteiger partial charge is 0.303 e. The van der Waals surface area contributed by atoms with Crippen LogP contribution in [0.1, 0.15) is 63.0 Å². The van der Waals surface area contributed by atoms with Gasteiger partial charge in [-0.1, -0.05) is 37.3 Å². The summed E-state index contributed by atoms with van der Waals surface area (Å²) in [5, 5.41) is 0. The average molecular weight is 507 g/mol. The summed E-state index contributed by atoms with van der Waals surface area (Å²) in [6.07, 6.45) is 7.83. The first-order chi connectivity index (χ1) is 17.2. The maximum atomic E-state index is 13.5. The lowest BCUT2D eigenvalue weighted by Crippen LogP contribution is -2.54. The number of rotatable bonds is 5. The van der Waals surface area contributed by atoms with Gasteiger partial charge < -0.3 is 9.47 Å². The van der Waals surface area contributed by atoms with E-state index < -0.39 is 15.4 Å². The van der Waals surface area contributed by atoms with Crippen molar-refractivity contribution in [1.29, 1.82) is 0 Å². The molecule has 2 aromatic rings. The molecule has 6 rings (SSSR count). The van der Waals surface area contributed by atoms with E-state index in [9.17, 15) is 13.2 Å². The van der Waals surface area contributed by atoms with Gasteiger partial charge >= 0.3 is 5.97 Å². The number of benzene rings is 2. The zero-order valence-corrected chi connectivity index (χ0v) is 22.1. The van der Waals surface area contributed by atoms with E-state index in [0.29, 0.717) is 23.2 Å². The fourth-order valence-electron chi connectivity index (χ4n) is 8.60. The highest BCUT2D eigenvalue weighted by Gasteiger charge is 2.75. The van der Waals surface area contributed by atoms with E-state index in [1.807, 2.05) is 6.07 Å². The zero-order valence-electron chi connectivity index (χ0n) is 21.3. The molecule has 4 aliphatic carbocycles. The van der Waals surface area contributed by atoms with Crippen molar-refractivity contribution >= 4 is 15.8 Å². The van der Waals surface area contributed by atoms with E-state index in [0.717, 1.165) is 43.4 Å². The Morgan fingerprint density at radius 3 is 2.56 bits per heavy atom. The van der Waals surface area contributed by atoms with Gasteiger partial charge in [-0.3, -0.25) is 4.79 Å². The Morgan fingerprint density at radius 2 is 1.83 bits per heavy atom. The van der Waals surface area contributed by atoms with Gasteiger partial charge in [0.05, 0.1) is 17.8 Å². The molecule has 4 aliphatic rings. The van der Waals surface area contributed by atoms with Crippen molar-refractivity contribution in [2.75, 3.05) is 12.9 Å². The minimum Gasteiger partial charge on any atom is -0.497 e. The summed E-state index contributed by atoms with van der Waals surface area (Å²) >= 11 is 0. The molecule has 0 aliphatic heterocycles. The molecule has 0 aromatic heterocycles. The maximum Gasteiger partial charge on any atom is 0.303 e. The Bertz CT molecular complexity index is 1360. The van der Waals surface area contributed by atoms with Crippen molar-refractivity contribution in [3.05, 3.63) is 71.3 Å². The van der Waals surface area contributed by atoms with Crippen LogP contribution in [0.15, 0.2) is 65.1 Å². The fraction of sp³-hybridized carbons (Fsp3) is 0.500. The Hall–Kier alpha value is -2.60. The summed E-state index contributed by atoms with van der Waals surface area (Å²) in [6.45, 7) is 3.72. The monoisotopic (exact) mass is 506 g/mol. The molecule has 2 aromatic carbocycles. The molecular formula is C30H34O5S. The molecule has 0 spiro atoms. The van der Waals surface area contributed by atoms with Crippen molar-refractivity contribution in [1.82, 2.24) is 0 Å². The number of carbonyl (C=O) groups is 1. The van der Waals surface area contributed by atoms with Gasteiger partial charge in [0.1, 0.15) is 11.4 Å².